The number of anilines is 1. The van der Waals surface area contributed by atoms with Gasteiger partial charge in [-0.25, -0.2) is 0 Å². The van der Waals surface area contributed by atoms with Crippen LogP contribution in [0.1, 0.15) is 36.0 Å². The first-order chi connectivity index (χ1) is 9.67. The van der Waals surface area contributed by atoms with E-state index >= 15 is 0 Å². The molecule has 0 bridgehead atoms. The van der Waals surface area contributed by atoms with Crippen molar-refractivity contribution >= 4 is 23.2 Å². The highest BCUT2D eigenvalue weighted by Gasteiger charge is 2.30. The monoisotopic (exact) mass is 296 g/mol. The van der Waals surface area contributed by atoms with Gasteiger partial charge in [-0.1, -0.05) is 11.6 Å². The highest BCUT2D eigenvalue weighted by molar-refractivity contribution is 6.31. The second-order valence-electron chi connectivity index (χ2n) is 5.10. The topological polar surface area (TPSA) is 52.6 Å². The van der Waals surface area contributed by atoms with Crippen LogP contribution in [0.4, 0.5) is 5.69 Å². The Morgan fingerprint density at radius 2 is 2.25 bits per heavy atom. The molecular formula is C15H21ClN2O2. The fraction of sp³-hybridized carbons (Fsp3) is 0.533. The van der Waals surface area contributed by atoms with E-state index in [2.05, 4.69) is 5.32 Å². The van der Waals surface area contributed by atoms with Gasteiger partial charge in [-0.15, -0.1) is 0 Å². The van der Waals surface area contributed by atoms with Crippen LogP contribution in [0.25, 0.3) is 0 Å². The van der Waals surface area contributed by atoms with Crippen molar-refractivity contribution in [3.63, 3.8) is 0 Å². The number of nitrogens with one attached hydrogen (secondary N) is 1. The number of halogens is 1. The van der Waals surface area contributed by atoms with Gasteiger partial charge in [0.25, 0.3) is 5.91 Å². The molecule has 2 rings (SSSR count). The number of carbonyl (C=O) groups is 1. The maximum atomic E-state index is 12.8. The molecule has 20 heavy (non-hydrogen) atoms. The Balaban J connectivity index is 2.23. The Bertz CT molecular complexity index is 475. The third-order valence-electron chi connectivity index (χ3n) is 3.81. The van der Waals surface area contributed by atoms with Crippen LogP contribution in [0, 0.1) is 0 Å². The van der Waals surface area contributed by atoms with Crippen molar-refractivity contribution < 1.29 is 9.90 Å². The SMILES string of the molecule is CNc1ccc(Cl)cc1C(=O)N(CCCO)C1CCC1. The summed E-state index contributed by atoms with van der Waals surface area (Å²) in [5, 5.41) is 12.6. The van der Waals surface area contributed by atoms with Crippen molar-refractivity contribution in [2.45, 2.75) is 31.7 Å². The summed E-state index contributed by atoms with van der Waals surface area (Å²) in [6.45, 7) is 0.695. The van der Waals surface area contributed by atoms with Crippen molar-refractivity contribution in [3.8, 4) is 0 Å². The second-order valence-corrected chi connectivity index (χ2v) is 5.54. The van der Waals surface area contributed by atoms with E-state index in [1.807, 2.05) is 11.0 Å². The third-order valence-corrected chi connectivity index (χ3v) is 4.05. The van der Waals surface area contributed by atoms with E-state index < -0.39 is 0 Å². The number of amides is 1. The van der Waals surface area contributed by atoms with Gasteiger partial charge in [0.1, 0.15) is 0 Å². The van der Waals surface area contributed by atoms with E-state index in [-0.39, 0.29) is 12.5 Å². The van der Waals surface area contributed by atoms with Crippen molar-refractivity contribution in [1.29, 1.82) is 0 Å². The lowest BCUT2D eigenvalue weighted by atomic mass is 9.90. The molecular weight excluding hydrogens is 276 g/mol. The van der Waals surface area contributed by atoms with Gasteiger partial charge in [0.15, 0.2) is 0 Å². The molecule has 0 aliphatic heterocycles. The largest absolute Gasteiger partial charge is 0.396 e. The number of benzene rings is 1. The van der Waals surface area contributed by atoms with Crippen LogP contribution in [0.3, 0.4) is 0 Å². The molecule has 5 heteroatoms. The van der Waals surface area contributed by atoms with Crippen molar-refractivity contribution in [1.82, 2.24) is 4.90 Å². The minimum Gasteiger partial charge on any atom is -0.396 e. The molecule has 0 atom stereocenters. The molecule has 1 aliphatic rings. The van der Waals surface area contributed by atoms with E-state index in [1.165, 1.54) is 6.42 Å². The number of rotatable bonds is 6. The van der Waals surface area contributed by atoms with Gasteiger partial charge >= 0.3 is 0 Å². The lowest BCUT2D eigenvalue weighted by Crippen LogP contribution is -2.45. The van der Waals surface area contributed by atoms with Crippen LogP contribution >= 0.6 is 11.6 Å². The van der Waals surface area contributed by atoms with Crippen LogP contribution in [0.15, 0.2) is 18.2 Å². The number of hydrogen-bond acceptors (Lipinski definition) is 3. The number of carbonyl (C=O) groups excluding carboxylic acids is 1. The molecule has 0 aromatic heterocycles. The molecule has 1 aromatic rings. The Hall–Kier alpha value is -1.26. The van der Waals surface area contributed by atoms with Crippen LogP contribution in [0.2, 0.25) is 5.02 Å². The molecule has 0 heterocycles. The fourth-order valence-electron chi connectivity index (χ4n) is 2.46. The summed E-state index contributed by atoms with van der Waals surface area (Å²) in [5.41, 5.74) is 1.39. The molecule has 1 fully saturated rings. The molecule has 0 unspecified atom stereocenters. The minimum atomic E-state index is -0.00463. The predicted octanol–water partition coefficient (Wildman–Crippen LogP) is 2.76. The Kier molecular flexibility index (Phi) is 5.26. The van der Waals surface area contributed by atoms with Crippen molar-refractivity contribution in [2.24, 2.45) is 0 Å². The molecule has 0 saturated heterocycles. The van der Waals surface area contributed by atoms with Crippen LogP contribution in [-0.2, 0) is 0 Å². The highest BCUT2D eigenvalue weighted by atomic mass is 35.5. The third kappa shape index (κ3) is 3.25. The Labute approximate surface area is 124 Å². The van der Waals surface area contributed by atoms with Gasteiger partial charge in [-0.05, 0) is 43.9 Å². The molecule has 1 aliphatic carbocycles. The molecule has 1 saturated carbocycles. The maximum absolute atomic E-state index is 12.8. The zero-order valence-corrected chi connectivity index (χ0v) is 12.5. The highest BCUT2D eigenvalue weighted by Crippen LogP contribution is 2.29. The average molecular weight is 297 g/mol. The normalized spacial score (nSPS) is 14.8. The zero-order valence-electron chi connectivity index (χ0n) is 11.7. The Morgan fingerprint density at radius 3 is 2.80 bits per heavy atom. The van der Waals surface area contributed by atoms with Gasteiger partial charge in [-0.3, -0.25) is 4.79 Å². The summed E-state index contributed by atoms with van der Waals surface area (Å²) < 4.78 is 0. The summed E-state index contributed by atoms with van der Waals surface area (Å²) in [7, 11) is 1.79. The number of aliphatic hydroxyl groups is 1. The average Bonchev–Trinajstić information content (AvgIpc) is 2.40. The summed E-state index contributed by atoms with van der Waals surface area (Å²) in [6, 6.07) is 5.60. The van der Waals surface area contributed by atoms with Gasteiger partial charge in [-0.2, -0.15) is 0 Å². The van der Waals surface area contributed by atoms with Gasteiger partial charge in [0, 0.05) is 37.0 Å². The van der Waals surface area contributed by atoms with Crippen LogP contribution in [-0.4, -0.2) is 42.2 Å². The quantitative estimate of drug-likeness (QED) is 0.849. The van der Waals surface area contributed by atoms with Crippen LogP contribution in [0.5, 0.6) is 0 Å². The fourth-order valence-corrected chi connectivity index (χ4v) is 2.63. The lowest BCUT2D eigenvalue weighted by molar-refractivity contribution is 0.0563. The lowest BCUT2D eigenvalue weighted by Gasteiger charge is -2.38. The van der Waals surface area contributed by atoms with Crippen LogP contribution < -0.4 is 5.32 Å². The Morgan fingerprint density at radius 1 is 1.50 bits per heavy atom. The van der Waals surface area contributed by atoms with Crippen molar-refractivity contribution in [3.05, 3.63) is 28.8 Å². The maximum Gasteiger partial charge on any atom is 0.256 e. The zero-order chi connectivity index (χ0) is 14.5. The van der Waals surface area contributed by atoms with Gasteiger partial charge in [0.2, 0.25) is 0 Å². The van der Waals surface area contributed by atoms with Crippen molar-refractivity contribution in [2.75, 3.05) is 25.5 Å². The number of nitrogens with zero attached hydrogens (tertiary/aromatic N) is 1. The predicted molar refractivity (Wildman–Crippen MR) is 81.4 cm³/mol. The second kappa shape index (κ2) is 6.95. The van der Waals surface area contributed by atoms with Gasteiger partial charge in [0.05, 0.1) is 5.56 Å². The standard InChI is InChI=1S/C15H21ClN2O2/c1-17-14-7-6-11(16)10-13(14)15(20)18(8-3-9-19)12-4-2-5-12/h6-7,10,12,17,19H,2-5,8-9H2,1H3. The first kappa shape index (κ1) is 15.1. The van der Waals surface area contributed by atoms with E-state index in [0.717, 1.165) is 18.5 Å². The van der Waals surface area contributed by atoms with E-state index in [1.54, 1.807) is 19.2 Å². The summed E-state index contributed by atoms with van der Waals surface area (Å²) in [4.78, 5) is 14.6. The molecule has 1 aromatic carbocycles. The summed E-state index contributed by atoms with van der Waals surface area (Å²) in [6.07, 6.45) is 3.87. The van der Waals surface area contributed by atoms with E-state index in [4.69, 9.17) is 16.7 Å². The molecule has 1 amide bonds. The first-order valence-corrected chi connectivity index (χ1v) is 7.44. The minimum absolute atomic E-state index is 0.00463. The van der Waals surface area contributed by atoms with Gasteiger partial charge < -0.3 is 15.3 Å². The molecule has 0 radical (unpaired) electrons. The van der Waals surface area contributed by atoms with E-state index in [0.29, 0.717) is 29.6 Å². The molecule has 4 nitrogen and oxygen atoms in total. The summed E-state index contributed by atoms with van der Waals surface area (Å²) in [5.74, 6) is -0.00463. The molecule has 0 spiro atoms. The first-order valence-electron chi connectivity index (χ1n) is 7.06. The van der Waals surface area contributed by atoms with E-state index in [9.17, 15) is 4.79 Å². The number of hydrogen-bond donors (Lipinski definition) is 2. The number of aliphatic hydroxyl groups excluding tert-OH is 1. The summed E-state index contributed by atoms with van der Waals surface area (Å²) >= 11 is 6.02. The smallest absolute Gasteiger partial charge is 0.256 e. The molecule has 2 N–H and O–H groups in total. The molecule has 110 valence electrons.